The molecule has 0 aromatic heterocycles. The Morgan fingerprint density at radius 1 is 0.853 bits per heavy atom. The quantitative estimate of drug-likeness (QED) is 0.534. The van der Waals surface area contributed by atoms with Gasteiger partial charge in [-0.25, -0.2) is 8.42 Å². The lowest BCUT2D eigenvalue weighted by Crippen LogP contribution is -2.48. The molecule has 1 amide bonds. The monoisotopic (exact) mass is 497 g/mol. The summed E-state index contributed by atoms with van der Waals surface area (Å²) in [7, 11) is -3.46. The summed E-state index contributed by atoms with van der Waals surface area (Å²) in [5.41, 5.74) is 3.71. The fraction of sp³-hybridized carbons (Fsp3) is 0.269. The van der Waals surface area contributed by atoms with Crippen molar-refractivity contribution < 1.29 is 13.2 Å². The van der Waals surface area contributed by atoms with Crippen molar-refractivity contribution in [1.29, 1.82) is 0 Å². The summed E-state index contributed by atoms with van der Waals surface area (Å²) in [5.74, 6) is -0.128. The highest BCUT2D eigenvalue weighted by Gasteiger charge is 2.28. The minimum absolute atomic E-state index is 0.128. The lowest BCUT2D eigenvalue weighted by Gasteiger charge is -2.34. The van der Waals surface area contributed by atoms with E-state index in [0.29, 0.717) is 54.8 Å². The van der Waals surface area contributed by atoms with Gasteiger partial charge in [-0.15, -0.1) is 0 Å². The van der Waals surface area contributed by atoms with Crippen molar-refractivity contribution in [2.75, 3.05) is 26.2 Å². The Morgan fingerprint density at radius 3 is 2.06 bits per heavy atom. The van der Waals surface area contributed by atoms with Crippen molar-refractivity contribution in [3.63, 3.8) is 0 Å². The van der Waals surface area contributed by atoms with Crippen LogP contribution in [0.2, 0.25) is 5.02 Å². The molecule has 3 aromatic rings. The number of nitrogens with zero attached hydrogens (tertiary/aromatic N) is 2. The zero-order valence-corrected chi connectivity index (χ0v) is 20.6. The minimum Gasteiger partial charge on any atom is -0.348 e. The second-order valence-corrected chi connectivity index (χ2v) is 10.9. The Hall–Kier alpha value is -2.71. The zero-order chi connectivity index (χ0) is 24.1. The number of carbonyl (C=O) groups excluding carboxylic acids is 1. The number of hydrogen-bond acceptors (Lipinski definition) is 4. The van der Waals surface area contributed by atoms with E-state index >= 15 is 0 Å². The number of benzene rings is 3. The number of hydrogen-bond donors (Lipinski definition) is 1. The zero-order valence-electron chi connectivity index (χ0n) is 19.1. The lowest BCUT2D eigenvalue weighted by atomic mass is 10.1. The van der Waals surface area contributed by atoms with Gasteiger partial charge in [0.25, 0.3) is 5.91 Å². The Balaban J connectivity index is 1.27. The number of piperazine rings is 1. The summed E-state index contributed by atoms with van der Waals surface area (Å²) >= 11 is 5.89. The first-order valence-corrected chi connectivity index (χ1v) is 13.0. The molecular formula is C26H28ClN3O3S. The molecule has 0 radical (unpaired) electrons. The molecule has 6 nitrogen and oxygen atoms in total. The van der Waals surface area contributed by atoms with E-state index in [1.807, 2.05) is 55.5 Å². The van der Waals surface area contributed by atoms with E-state index < -0.39 is 10.0 Å². The summed E-state index contributed by atoms with van der Waals surface area (Å²) in [6, 6.07) is 21.9. The maximum absolute atomic E-state index is 12.9. The van der Waals surface area contributed by atoms with Gasteiger partial charge in [0.1, 0.15) is 0 Å². The Morgan fingerprint density at radius 2 is 1.44 bits per heavy atom. The van der Waals surface area contributed by atoms with Gasteiger partial charge in [-0.1, -0.05) is 53.6 Å². The highest BCUT2D eigenvalue weighted by atomic mass is 35.5. The first-order chi connectivity index (χ1) is 16.3. The van der Waals surface area contributed by atoms with Crippen molar-refractivity contribution in [3.8, 4) is 0 Å². The summed E-state index contributed by atoms with van der Waals surface area (Å²) < 4.78 is 27.3. The molecule has 0 unspecified atom stereocenters. The van der Waals surface area contributed by atoms with E-state index in [9.17, 15) is 13.2 Å². The van der Waals surface area contributed by atoms with Crippen LogP contribution in [0.1, 0.15) is 27.0 Å². The average molecular weight is 498 g/mol. The van der Waals surface area contributed by atoms with Crippen LogP contribution in [0.15, 0.2) is 77.7 Å². The van der Waals surface area contributed by atoms with Gasteiger partial charge in [0, 0.05) is 49.9 Å². The van der Waals surface area contributed by atoms with Crippen LogP contribution in [-0.4, -0.2) is 49.7 Å². The predicted molar refractivity (Wildman–Crippen MR) is 134 cm³/mol. The summed E-state index contributed by atoms with van der Waals surface area (Å²) in [5, 5.41) is 3.58. The normalized spacial score (nSPS) is 15.2. The van der Waals surface area contributed by atoms with E-state index in [-0.39, 0.29) is 5.91 Å². The molecule has 3 aromatic carbocycles. The van der Waals surface area contributed by atoms with Crippen molar-refractivity contribution >= 4 is 27.5 Å². The Labute approximate surface area is 206 Å². The van der Waals surface area contributed by atoms with Crippen molar-refractivity contribution in [2.24, 2.45) is 0 Å². The van der Waals surface area contributed by atoms with Gasteiger partial charge in [0.05, 0.1) is 4.90 Å². The smallest absolute Gasteiger partial charge is 0.251 e. The molecule has 0 atom stereocenters. The van der Waals surface area contributed by atoms with Crippen molar-refractivity contribution in [1.82, 2.24) is 14.5 Å². The van der Waals surface area contributed by atoms with Crippen molar-refractivity contribution in [2.45, 2.75) is 24.9 Å². The number of carbonyl (C=O) groups is 1. The Kier molecular flexibility index (Phi) is 7.68. The van der Waals surface area contributed by atoms with Crippen LogP contribution in [-0.2, 0) is 23.1 Å². The molecule has 0 saturated carbocycles. The maximum atomic E-state index is 12.9. The maximum Gasteiger partial charge on any atom is 0.251 e. The van der Waals surface area contributed by atoms with Gasteiger partial charge in [0.15, 0.2) is 0 Å². The van der Waals surface area contributed by atoms with Gasteiger partial charge < -0.3 is 5.32 Å². The first kappa shape index (κ1) is 24.4. The molecule has 1 aliphatic rings. The molecule has 0 aliphatic carbocycles. The summed E-state index contributed by atoms with van der Waals surface area (Å²) in [6.45, 7) is 5.33. The van der Waals surface area contributed by atoms with Gasteiger partial charge in [-0.2, -0.15) is 4.31 Å². The van der Waals surface area contributed by atoms with E-state index in [0.717, 1.165) is 16.7 Å². The number of nitrogens with one attached hydrogen (secondary N) is 1. The topological polar surface area (TPSA) is 69.7 Å². The molecular weight excluding hydrogens is 470 g/mol. The number of halogens is 1. The fourth-order valence-corrected chi connectivity index (χ4v) is 5.44. The Bertz CT molecular complexity index is 1220. The molecule has 1 heterocycles. The SMILES string of the molecule is Cc1ccc(S(=O)(=O)N2CCN(Cc3ccc(C(=O)NCc4ccc(Cl)cc4)cc3)CC2)cc1. The molecule has 1 fully saturated rings. The molecule has 0 bridgehead atoms. The van der Waals surface area contributed by atoms with Gasteiger partial charge in [0.2, 0.25) is 10.0 Å². The summed E-state index contributed by atoms with van der Waals surface area (Å²) in [6.07, 6.45) is 0. The van der Waals surface area contributed by atoms with Crippen LogP contribution in [0, 0.1) is 6.92 Å². The van der Waals surface area contributed by atoms with Gasteiger partial charge in [-0.05, 0) is 54.4 Å². The molecule has 4 rings (SSSR count). The second kappa shape index (κ2) is 10.7. The van der Waals surface area contributed by atoms with Gasteiger partial charge >= 0.3 is 0 Å². The standard InChI is InChI=1S/C26H28ClN3O3S/c1-20-2-12-25(13-3-20)34(32,33)30-16-14-29(15-17-30)19-22-4-8-23(9-5-22)26(31)28-18-21-6-10-24(27)11-7-21/h2-13H,14-19H2,1H3,(H,28,31). The van der Waals surface area contributed by atoms with E-state index in [2.05, 4.69) is 10.2 Å². The first-order valence-electron chi connectivity index (χ1n) is 11.2. The average Bonchev–Trinajstić information content (AvgIpc) is 2.84. The molecule has 8 heteroatoms. The second-order valence-electron chi connectivity index (χ2n) is 8.50. The van der Waals surface area contributed by atoms with Crippen molar-refractivity contribution in [3.05, 3.63) is 100 Å². The number of amides is 1. The predicted octanol–water partition coefficient (Wildman–Crippen LogP) is 4.08. The molecule has 0 spiro atoms. The van der Waals surface area contributed by atoms with E-state index in [4.69, 9.17) is 11.6 Å². The molecule has 1 saturated heterocycles. The molecule has 178 valence electrons. The van der Waals surface area contributed by atoms with Crippen LogP contribution in [0.25, 0.3) is 0 Å². The molecule has 1 N–H and O–H groups in total. The van der Waals surface area contributed by atoms with Crippen LogP contribution in [0.3, 0.4) is 0 Å². The van der Waals surface area contributed by atoms with Crippen LogP contribution >= 0.6 is 11.6 Å². The largest absolute Gasteiger partial charge is 0.348 e. The van der Waals surface area contributed by atoms with E-state index in [1.165, 1.54) is 0 Å². The minimum atomic E-state index is -3.46. The lowest BCUT2D eigenvalue weighted by molar-refractivity contribution is 0.0951. The third kappa shape index (κ3) is 6.04. The molecule has 1 aliphatic heterocycles. The van der Waals surface area contributed by atoms with Crippen LogP contribution < -0.4 is 5.32 Å². The third-order valence-electron chi connectivity index (χ3n) is 5.98. The van der Waals surface area contributed by atoms with E-state index in [1.54, 1.807) is 28.6 Å². The van der Waals surface area contributed by atoms with Crippen LogP contribution in [0.5, 0.6) is 0 Å². The highest BCUT2D eigenvalue weighted by Crippen LogP contribution is 2.19. The molecule has 34 heavy (non-hydrogen) atoms. The number of aryl methyl sites for hydroxylation is 1. The van der Waals surface area contributed by atoms with Crippen LogP contribution in [0.4, 0.5) is 0 Å². The number of sulfonamides is 1. The number of rotatable bonds is 7. The summed E-state index contributed by atoms with van der Waals surface area (Å²) in [4.78, 5) is 15.0. The van der Waals surface area contributed by atoms with Gasteiger partial charge in [-0.3, -0.25) is 9.69 Å². The highest BCUT2D eigenvalue weighted by molar-refractivity contribution is 7.89. The fourth-order valence-electron chi connectivity index (χ4n) is 3.89. The third-order valence-corrected chi connectivity index (χ3v) is 8.14.